The summed E-state index contributed by atoms with van der Waals surface area (Å²) < 4.78 is 12.9. The number of benzene rings is 1. The molecule has 0 unspecified atom stereocenters. The smallest absolute Gasteiger partial charge is 0.123 e. The van der Waals surface area contributed by atoms with Crippen molar-refractivity contribution in [2.45, 2.75) is 6.92 Å². The fourth-order valence-electron chi connectivity index (χ4n) is 1.85. The third-order valence-electron chi connectivity index (χ3n) is 2.77. The largest absolute Gasteiger partial charge is 0.276 e. The number of hydrogen-bond acceptors (Lipinski definition) is 3. The summed E-state index contributed by atoms with van der Waals surface area (Å²) in [5, 5.41) is 7.07. The van der Waals surface area contributed by atoms with Crippen LogP contribution in [0.2, 0.25) is 0 Å². The number of nitrogens with one attached hydrogen (secondary N) is 1. The minimum atomic E-state index is -0.238. The second-order valence-electron chi connectivity index (χ2n) is 3.93. The van der Waals surface area contributed by atoms with Crippen molar-refractivity contribution >= 4 is 11.3 Å². The van der Waals surface area contributed by atoms with Crippen molar-refractivity contribution in [3.05, 3.63) is 47.5 Å². The molecule has 3 rings (SSSR count). The van der Waals surface area contributed by atoms with Crippen LogP contribution in [0, 0.1) is 12.7 Å². The van der Waals surface area contributed by atoms with Gasteiger partial charge in [-0.1, -0.05) is 12.1 Å². The molecular formula is C13H10FN3S. The average molecular weight is 259 g/mol. The number of rotatable bonds is 2. The molecule has 90 valence electrons. The molecule has 0 saturated carbocycles. The van der Waals surface area contributed by atoms with E-state index in [2.05, 4.69) is 15.2 Å². The fourth-order valence-corrected chi connectivity index (χ4v) is 2.66. The molecule has 0 bridgehead atoms. The molecule has 0 saturated heterocycles. The van der Waals surface area contributed by atoms with Gasteiger partial charge in [0.15, 0.2) is 0 Å². The molecule has 1 N–H and O–H groups in total. The Kier molecular flexibility index (Phi) is 2.68. The number of halogens is 1. The van der Waals surface area contributed by atoms with E-state index in [1.54, 1.807) is 35.2 Å². The van der Waals surface area contributed by atoms with Gasteiger partial charge in [0.1, 0.15) is 5.82 Å². The Labute approximate surface area is 107 Å². The van der Waals surface area contributed by atoms with E-state index in [4.69, 9.17) is 0 Å². The molecule has 2 aromatic heterocycles. The quantitative estimate of drug-likeness (QED) is 0.763. The molecule has 2 heterocycles. The summed E-state index contributed by atoms with van der Waals surface area (Å²) in [5.74, 6) is -0.238. The topological polar surface area (TPSA) is 41.6 Å². The number of hydrogen-bond donors (Lipinski definition) is 1. The zero-order chi connectivity index (χ0) is 12.5. The molecule has 5 heteroatoms. The minimum Gasteiger partial charge on any atom is -0.276 e. The van der Waals surface area contributed by atoms with Gasteiger partial charge in [-0.25, -0.2) is 9.37 Å². The van der Waals surface area contributed by atoms with Gasteiger partial charge in [0.25, 0.3) is 0 Å². The van der Waals surface area contributed by atoms with Gasteiger partial charge in [-0.05, 0) is 24.6 Å². The Balaban J connectivity index is 2.12. The van der Waals surface area contributed by atoms with Gasteiger partial charge in [-0.15, -0.1) is 11.3 Å². The normalized spacial score (nSPS) is 10.8. The van der Waals surface area contributed by atoms with Crippen LogP contribution in [-0.2, 0) is 0 Å². The Morgan fingerprint density at radius 2 is 2.00 bits per heavy atom. The summed E-state index contributed by atoms with van der Waals surface area (Å²) in [6.07, 6.45) is 1.75. The molecule has 0 atom stereocenters. The molecule has 1 aromatic carbocycles. The van der Waals surface area contributed by atoms with Gasteiger partial charge in [0, 0.05) is 5.56 Å². The maximum Gasteiger partial charge on any atom is 0.123 e. The van der Waals surface area contributed by atoms with E-state index in [1.807, 2.05) is 6.92 Å². The van der Waals surface area contributed by atoms with Gasteiger partial charge in [-0.2, -0.15) is 5.10 Å². The molecule has 0 aliphatic heterocycles. The molecule has 0 fully saturated rings. The van der Waals surface area contributed by atoms with E-state index in [-0.39, 0.29) is 5.82 Å². The third-order valence-corrected chi connectivity index (χ3v) is 3.71. The number of aromatic amines is 1. The van der Waals surface area contributed by atoms with Crippen LogP contribution in [0.3, 0.4) is 0 Å². The number of aromatic nitrogens is 3. The van der Waals surface area contributed by atoms with E-state index < -0.39 is 0 Å². The number of nitrogens with zero attached hydrogens (tertiary/aromatic N) is 2. The van der Waals surface area contributed by atoms with E-state index >= 15 is 0 Å². The van der Waals surface area contributed by atoms with Crippen LogP contribution in [-0.4, -0.2) is 15.2 Å². The molecule has 0 amide bonds. The van der Waals surface area contributed by atoms with Crippen molar-refractivity contribution in [3.63, 3.8) is 0 Å². The number of H-pyrrole nitrogens is 1. The Morgan fingerprint density at radius 1 is 1.22 bits per heavy atom. The van der Waals surface area contributed by atoms with Crippen molar-refractivity contribution in [2.75, 3.05) is 0 Å². The molecule has 0 spiro atoms. The second kappa shape index (κ2) is 4.34. The first-order chi connectivity index (χ1) is 8.75. The maximum absolute atomic E-state index is 12.9. The van der Waals surface area contributed by atoms with E-state index in [9.17, 15) is 4.39 Å². The summed E-state index contributed by atoms with van der Waals surface area (Å²) in [6.45, 7) is 1.96. The summed E-state index contributed by atoms with van der Waals surface area (Å²) in [5.41, 5.74) is 5.60. The highest BCUT2D eigenvalue weighted by molar-refractivity contribution is 7.13. The first-order valence-corrected chi connectivity index (χ1v) is 6.33. The Hall–Kier alpha value is -2.01. The van der Waals surface area contributed by atoms with Gasteiger partial charge in [0.2, 0.25) is 0 Å². The third kappa shape index (κ3) is 1.82. The fraction of sp³-hybridized carbons (Fsp3) is 0.0769. The van der Waals surface area contributed by atoms with Crippen LogP contribution in [0.5, 0.6) is 0 Å². The molecule has 0 aliphatic rings. The maximum atomic E-state index is 12.9. The average Bonchev–Trinajstić information content (AvgIpc) is 2.98. The molecule has 18 heavy (non-hydrogen) atoms. The van der Waals surface area contributed by atoms with Crippen LogP contribution < -0.4 is 0 Å². The molecule has 3 aromatic rings. The highest BCUT2D eigenvalue weighted by atomic mass is 32.1. The van der Waals surface area contributed by atoms with Gasteiger partial charge < -0.3 is 0 Å². The highest BCUT2D eigenvalue weighted by Crippen LogP contribution is 2.34. The molecule has 0 radical (unpaired) electrons. The minimum absolute atomic E-state index is 0.238. The van der Waals surface area contributed by atoms with Crippen molar-refractivity contribution in [1.82, 2.24) is 15.2 Å². The standard InChI is InChI=1S/C13H10FN3S/c1-8-13(18-7-15-8)12-11(6-16-17-12)9-2-4-10(14)5-3-9/h2-7H,1H3,(H,16,17). The van der Waals surface area contributed by atoms with E-state index in [1.165, 1.54) is 12.1 Å². The summed E-state index contributed by atoms with van der Waals surface area (Å²) in [6, 6.07) is 6.40. The Bertz CT molecular complexity index is 670. The lowest BCUT2D eigenvalue weighted by Gasteiger charge is -2.02. The van der Waals surface area contributed by atoms with Crippen LogP contribution in [0.15, 0.2) is 36.0 Å². The molecular weight excluding hydrogens is 249 g/mol. The monoisotopic (exact) mass is 259 g/mol. The Morgan fingerprint density at radius 3 is 2.67 bits per heavy atom. The predicted octanol–water partition coefficient (Wildman–Crippen LogP) is 3.65. The van der Waals surface area contributed by atoms with Crippen LogP contribution >= 0.6 is 11.3 Å². The van der Waals surface area contributed by atoms with Crippen LogP contribution in [0.1, 0.15) is 5.69 Å². The SMILES string of the molecule is Cc1ncsc1-c1[nH]ncc1-c1ccc(F)cc1. The molecule has 3 nitrogen and oxygen atoms in total. The zero-order valence-corrected chi connectivity index (χ0v) is 10.5. The van der Waals surface area contributed by atoms with Crippen LogP contribution in [0.25, 0.3) is 21.7 Å². The lowest BCUT2D eigenvalue weighted by Crippen LogP contribution is -1.83. The lowest BCUT2D eigenvalue weighted by molar-refractivity contribution is 0.628. The lowest BCUT2D eigenvalue weighted by atomic mass is 10.1. The first kappa shape index (κ1) is 11.1. The number of aryl methyl sites for hydroxylation is 1. The summed E-state index contributed by atoms with van der Waals surface area (Å²) in [7, 11) is 0. The van der Waals surface area contributed by atoms with Crippen LogP contribution in [0.4, 0.5) is 4.39 Å². The first-order valence-electron chi connectivity index (χ1n) is 5.45. The van der Waals surface area contributed by atoms with Gasteiger partial charge in [0.05, 0.1) is 28.0 Å². The highest BCUT2D eigenvalue weighted by Gasteiger charge is 2.13. The van der Waals surface area contributed by atoms with Crippen molar-refractivity contribution in [1.29, 1.82) is 0 Å². The van der Waals surface area contributed by atoms with E-state index in [0.29, 0.717) is 0 Å². The van der Waals surface area contributed by atoms with E-state index in [0.717, 1.165) is 27.4 Å². The predicted molar refractivity (Wildman–Crippen MR) is 69.8 cm³/mol. The van der Waals surface area contributed by atoms with Crippen molar-refractivity contribution in [3.8, 4) is 21.7 Å². The van der Waals surface area contributed by atoms with Crippen molar-refractivity contribution < 1.29 is 4.39 Å². The van der Waals surface area contributed by atoms with Gasteiger partial charge >= 0.3 is 0 Å². The second-order valence-corrected chi connectivity index (χ2v) is 4.79. The van der Waals surface area contributed by atoms with Crippen molar-refractivity contribution in [2.24, 2.45) is 0 Å². The zero-order valence-electron chi connectivity index (χ0n) is 9.64. The molecule has 0 aliphatic carbocycles. The van der Waals surface area contributed by atoms with Gasteiger partial charge in [-0.3, -0.25) is 5.10 Å². The number of thiazole rings is 1. The summed E-state index contributed by atoms with van der Waals surface area (Å²) in [4.78, 5) is 5.29. The summed E-state index contributed by atoms with van der Waals surface area (Å²) >= 11 is 1.56.